The summed E-state index contributed by atoms with van der Waals surface area (Å²) in [7, 11) is 3.85. The molecule has 0 unspecified atom stereocenters. The SMILES string of the molecule is [Si]c1ccc(C2=CC=CC2)c(C2=CC=CC2)c1C1=CC=CC1. The van der Waals surface area contributed by atoms with Crippen LogP contribution in [0.25, 0.3) is 16.7 Å². The molecular formula is C21H17Si. The molecule has 3 radical (unpaired) electrons. The van der Waals surface area contributed by atoms with Crippen LogP contribution in [0.15, 0.2) is 66.8 Å². The van der Waals surface area contributed by atoms with E-state index in [1.165, 1.54) is 38.6 Å². The van der Waals surface area contributed by atoms with Crippen molar-refractivity contribution >= 4 is 32.1 Å². The van der Waals surface area contributed by atoms with Crippen LogP contribution in [0.1, 0.15) is 36.0 Å². The molecule has 3 aliphatic rings. The van der Waals surface area contributed by atoms with E-state index >= 15 is 0 Å². The summed E-state index contributed by atoms with van der Waals surface area (Å²) in [6, 6.07) is 4.47. The molecule has 0 aliphatic heterocycles. The van der Waals surface area contributed by atoms with E-state index in [0.29, 0.717) is 0 Å². The van der Waals surface area contributed by atoms with Gasteiger partial charge in [-0.05, 0) is 52.7 Å². The molecule has 1 heteroatoms. The molecule has 0 saturated heterocycles. The Balaban J connectivity index is 1.94. The van der Waals surface area contributed by atoms with Gasteiger partial charge in [-0.15, -0.1) is 0 Å². The third-order valence-corrected chi connectivity index (χ3v) is 4.92. The number of benzene rings is 1. The van der Waals surface area contributed by atoms with Gasteiger partial charge in [0, 0.05) is 0 Å². The molecule has 1 aromatic carbocycles. The van der Waals surface area contributed by atoms with Crippen LogP contribution >= 0.6 is 0 Å². The van der Waals surface area contributed by atoms with Crippen molar-refractivity contribution in [2.75, 3.05) is 0 Å². The first-order chi connectivity index (χ1) is 10.8. The molecule has 0 saturated carbocycles. The Morgan fingerprint density at radius 2 is 1.18 bits per heavy atom. The monoisotopic (exact) mass is 297 g/mol. The lowest BCUT2D eigenvalue weighted by Gasteiger charge is -2.20. The summed E-state index contributed by atoms with van der Waals surface area (Å²) >= 11 is 0. The van der Waals surface area contributed by atoms with E-state index in [-0.39, 0.29) is 0 Å². The van der Waals surface area contributed by atoms with Crippen LogP contribution in [0.5, 0.6) is 0 Å². The third kappa shape index (κ3) is 2.22. The highest BCUT2D eigenvalue weighted by Gasteiger charge is 2.20. The molecule has 0 fully saturated rings. The van der Waals surface area contributed by atoms with Crippen molar-refractivity contribution in [1.82, 2.24) is 0 Å². The fourth-order valence-corrected chi connectivity index (χ4v) is 3.82. The van der Waals surface area contributed by atoms with Crippen LogP contribution in [0.2, 0.25) is 0 Å². The second-order valence-corrected chi connectivity index (χ2v) is 6.42. The summed E-state index contributed by atoms with van der Waals surface area (Å²) in [5.41, 5.74) is 8.39. The molecule has 0 atom stereocenters. The Morgan fingerprint density at radius 3 is 1.73 bits per heavy atom. The molecule has 3 aliphatic carbocycles. The molecule has 105 valence electrons. The molecular weight excluding hydrogens is 280 g/mol. The average molecular weight is 297 g/mol. The number of hydrogen-bond donors (Lipinski definition) is 0. The van der Waals surface area contributed by atoms with Gasteiger partial charge in [-0.2, -0.15) is 0 Å². The standard InChI is InChI=1S/C21H17Si/c22-19-14-13-18(15-7-1-2-8-15)20(16-9-3-4-10-16)21(19)17-11-5-6-12-17/h1-7,9,11,13-14H,8,10,12H2. The van der Waals surface area contributed by atoms with E-state index in [1.807, 2.05) is 0 Å². The molecule has 1 aromatic rings. The van der Waals surface area contributed by atoms with Crippen LogP contribution < -0.4 is 5.19 Å². The fraction of sp³-hybridized carbons (Fsp3) is 0.143. The normalized spacial score (nSPS) is 18.9. The molecule has 0 bridgehead atoms. The Labute approximate surface area is 135 Å². The lowest BCUT2D eigenvalue weighted by atomic mass is 9.86. The van der Waals surface area contributed by atoms with Gasteiger partial charge in [0.15, 0.2) is 0 Å². The molecule has 4 rings (SSSR count). The van der Waals surface area contributed by atoms with E-state index in [9.17, 15) is 0 Å². The van der Waals surface area contributed by atoms with Crippen LogP contribution in [0.4, 0.5) is 0 Å². The maximum Gasteiger partial charge on any atom is 0.0720 e. The van der Waals surface area contributed by atoms with Gasteiger partial charge in [-0.25, -0.2) is 0 Å². The highest BCUT2D eigenvalue weighted by atomic mass is 28.1. The second kappa shape index (κ2) is 5.58. The topological polar surface area (TPSA) is 0 Å². The van der Waals surface area contributed by atoms with Crippen molar-refractivity contribution in [3.63, 3.8) is 0 Å². The number of allylic oxidation sites excluding steroid dienone is 12. The first kappa shape index (κ1) is 13.5. The van der Waals surface area contributed by atoms with Crippen LogP contribution in [0.3, 0.4) is 0 Å². The maximum atomic E-state index is 3.85. The molecule has 0 N–H and O–H groups in total. The second-order valence-electron chi connectivity index (χ2n) is 5.88. The Kier molecular flexibility index (Phi) is 3.43. The largest absolute Gasteiger partial charge is 0.0801 e. The first-order valence-electron chi connectivity index (χ1n) is 7.81. The van der Waals surface area contributed by atoms with E-state index in [2.05, 4.69) is 77.1 Å². The Morgan fingerprint density at radius 1 is 0.636 bits per heavy atom. The summed E-state index contributed by atoms with van der Waals surface area (Å²) in [6.07, 6.45) is 23.0. The van der Waals surface area contributed by atoms with Crippen molar-refractivity contribution < 1.29 is 0 Å². The number of rotatable bonds is 3. The zero-order valence-corrected chi connectivity index (χ0v) is 13.5. The Bertz CT molecular complexity index is 811. The minimum absolute atomic E-state index is 1.02. The van der Waals surface area contributed by atoms with E-state index < -0.39 is 0 Å². The molecule has 0 heterocycles. The van der Waals surface area contributed by atoms with Gasteiger partial charge < -0.3 is 0 Å². The average Bonchev–Trinajstić information content (AvgIpc) is 3.28. The summed E-state index contributed by atoms with van der Waals surface area (Å²) in [6.45, 7) is 0. The highest BCUT2D eigenvalue weighted by Crippen LogP contribution is 2.38. The van der Waals surface area contributed by atoms with Crippen LogP contribution in [-0.4, -0.2) is 10.2 Å². The van der Waals surface area contributed by atoms with Crippen LogP contribution in [-0.2, 0) is 0 Å². The van der Waals surface area contributed by atoms with Gasteiger partial charge >= 0.3 is 0 Å². The summed E-state index contributed by atoms with van der Waals surface area (Å²) in [5.74, 6) is 0. The Hall–Kier alpha value is -2.12. The first-order valence-corrected chi connectivity index (χ1v) is 8.31. The van der Waals surface area contributed by atoms with Crippen molar-refractivity contribution in [2.24, 2.45) is 0 Å². The number of hydrogen-bond acceptors (Lipinski definition) is 0. The van der Waals surface area contributed by atoms with E-state index in [4.69, 9.17) is 0 Å². The van der Waals surface area contributed by atoms with Gasteiger partial charge in [0.25, 0.3) is 0 Å². The lowest BCUT2D eigenvalue weighted by molar-refractivity contribution is 1.34. The smallest absolute Gasteiger partial charge is 0.0720 e. The molecule has 22 heavy (non-hydrogen) atoms. The zero-order valence-electron chi connectivity index (χ0n) is 12.5. The van der Waals surface area contributed by atoms with Crippen molar-refractivity contribution in [3.05, 3.63) is 83.5 Å². The maximum absolute atomic E-state index is 3.85. The predicted molar refractivity (Wildman–Crippen MR) is 97.0 cm³/mol. The van der Waals surface area contributed by atoms with Gasteiger partial charge in [-0.3, -0.25) is 0 Å². The van der Waals surface area contributed by atoms with Crippen molar-refractivity contribution in [3.8, 4) is 0 Å². The predicted octanol–water partition coefficient (Wildman–Crippen LogP) is 4.51. The fourth-order valence-electron chi connectivity index (χ4n) is 3.45. The lowest BCUT2D eigenvalue weighted by Crippen LogP contribution is -2.14. The van der Waals surface area contributed by atoms with Gasteiger partial charge in [0.2, 0.25) is 0 Å². The van der Waals surface area contributed by atoms with Crippen LogP contribution in [0, 0.1) is 0 Å². The zero-order chi connectivity index (χ0) is 14.9. The molecule has 0 aromatic heterocycles. The van der Waals surface area contributed by atoms with Crippen molar-refractivity contribution in [1.29, 1.82) is 0 Å². The quantitative estimate of drug-likeness (QED) is 0.720. The van der Waals surface area contributed by atoms with Gasteiger partial charge in [0.1, 0.15) is 0 Å². The van der Waals surface area contributed by atoms with E-state index in [0.717, 1.165) is 19.3 Å². The van der Waals surface area contributed by atoms with Gasteiger partial charge in [-0.1, -0.05) is 72.0 Å². The van der Waals surface area contributed by atoms with E-state index in [1.54, 1.807) is 0 Å². The summed E-state index contributed by atoms with van der Waals surface area (Å²) < 4.78 is 0. The molecule has 0 spiro atoms. The molecule has 0 amide bonds. The summed E-state index contributed by atoms with van der Waals surface area (Å²) in [4.78, 5) is 0. The summed E-state index contributed by atoms with van der Waals surface area (Å²) in [5, 5.41) is 1.19. The molecule has 0 nitrogen and oxygen atoms in total. The van der Waals surface area contributed by atoms with Gasteiger partial charge in [0.05, 0.1) is 10.2 Å². The minimum atomic E-state index is 1.02. The minimum Gasteiger partial charge on any atom is -0.0801 e. The highest BCUT2D eigenvalue weighted by molar-refractivity contribution is 6.35. The third-order valence-electron chi connectivity index (χ3n) is 4.51. The van der Waals surface area contributed by atoms with Crippen molar-refractivity contribution in [2.45, 2.75) is 19.3 Å².